The number of nitrogens with two attached hydrogens (primary N) is 1. The molecule has 0 aliphatic carbocycles. The van der Waals surface area contributed by atoms with Gasteiger partial charge in [0, 0.05) is 6.54 Å². The maximum absolute atomic E-state index is 9.34. The van der Waals surface area contributed by atoms with Crippen LogP contribution in [0.1, 0.15) is 19.3 Å². The molecule has 0 aromatic carbocycles. The first-order valence-electron chi connectivity index (χ1n) is 4.79. The zero-order chi connectivity index (χ0) is 8.97. The summed E-state index contributed by atoms with van der Waals surface area (Å²) in [6.07, 6.45) is 3.05. The van der Waals surface area contributed by atoms with Gasteiger partial charge in [-0.2, -0.15) is 0 Å². The van der Waals surface area contributed by atoms with Crippen LogP contribution in [0.3, 0.4) is 0 Å². The zero-order valence-corrected chi connectivity index (χ0v) is 7.87. The predicted octanol–water partition coefficient (Wildman–Crippen LogP) is 0.0379. The molecule has 0 aromatic heterocycles. The number of nitrogens with zero attached hydrogens (tertiary/aromatic N) is 1. The Labute approximate surface area is 74.5 Å². The van der Waals surface area contributed by atoms with Gasteiger partial charge in [-0.05, 0) is 45.3 Å². The summed E-state index contributed by atoms with van der Waals surface area (Å²) in [6, 6.07) is 0. The number of aliphatic hydroxyl groups excluding tert-OH is 1. The van der Waals surface area contributed by atoms with Crippen molar-refractivity contribution in [3.8, 4) is 0 Å². The minimum Gasteiger partial charge on any atom is -0.392 e. The third-order valence-electron chi connectivity index (χ3n) is 2.72. The lowest BCUT2D eigenvalue weighted by molar-refractivity contribution is 0.121. The summed E-state index contributed by atoms with van der Waals surface area (Å²) in [4.78, 5) is 2.34. The minimum absolute atomic E-state index is 0.279. The van der Waals surface area contributed by atoms with E-state index in [1.54, 1.807) is 0 Å². The van der Waals surface area contributed by atoms with Crippen LogP contribution in [0.5, 0.6) is 0 Å². The largest absolute Gasteiger partial charge is 0.392 e. The van der Waals surface area contributed by atoms with Crippen molar-refractivity contribution in [2.24, 2.45) is 11.7 Å². The first kappa shape index (κ1) is 9.96. The molecule has 0 bridgehead atoms. The van der Waals surface area contributed by atoms with Crippen molar-refractivity contribution < 1.29 is 5.11 Å². The van der Waals surface area contributed by atoms with Gasteiger partial charge in [0.2, 0.25) is 0 Å². The van der Waals surface area contributed by atoms with E-state index < -0.39 is 0 Å². The van der Waals surface area contributed by atoms with Gasteiger partial charge in [0.1, 0.15) is 0 Å². The smallest absolute Gasteiger partial charge is 0.0665 e. The normalized spacial score (nSPS) is 24.2. The van der Waals surface area contributed by atoms with Gasteiger partial charge in [-0.25, -0.2) is 0 Å². The van der Waals surface area contributed by atoms with Crippen molar-refractivity contribution in [3.63, 3.8) is 0 Å². The lowest BCUT2D eigenvalue weighted by Gasteiger charge is -2.29. The molecule has 0 radical (unpaired) electrons. The van der Waals surface area contributed by atoms with Crippen LogP contribution in [0, 0.1) is 5.92 Å². The molecule has 1 aliphatic rings. The van der Waals surface area contributed by atoms with Gasteiger partial charge in [-0.3, -0.25) is 0 Å². The van der Waals surface area contributed by atoms with Crippen LogP contribution in [-0.2, 0) is 0 Å². The Morgan fingerprint density at radius 3 is 2.58 bits per heavy atom. The number of aliphatic hydroxyl groups is 1. The Morgan fingerprint density at radius 1 is 1.50 bits per heavy atom. The van der Waals surface area contributed by atoms with Crippen LogP contribution in [0.25, 0.3) is 0 Å². The van der Waals surface area contributed by atoms with Crippen LogP contribution in [-0.4, -0.2) is 42.8 Å². The highest BCUT2D eigenvalue weighted by molar-refractivity contribution is 4.72. The molecule has 0 saturated carbocycles. The van der Waals surface area contributed by atoms with Crippen LogP contribution >= 0.6 is 0 Å². The fourth-order valence-electron chi connectivity index (χ4n) is 1.78. The average Bonchev–Trinajstić information content (AvgIpc) is 2.09. The second-order valence-corrected chi connectivity index (χ2v) is 3.87. The summed E-state index contributed by atoms with van der Waals surface area (Å²) in [5.41, 5.74) is 5.36. The molecule has 1 fully saturated rings. The third kappa shape index (κ3) is 3.09. The molecule has 1 aliphatic heterocycles. The third-order valence-corrected chi connectivity index (χ3v) is 2.72. The van der Waals surface area contributed by atoms with Gasteiger partial charge in [0.05, 0.1) is 6.10 Å². The van der Waals surface area contributed by atoms with Crippen molar-refractivity contribution in [3.05, 3.63) is 0 Å². The minimum atomic E-state index is -0.279. The van der Waals surface area contributed by atoms with Crippen LogP contribution < -0.4 is 5.73 Å². The molecule has 1 saturated heterocycles. The molecule has 0 spiro atoms. The molecule has 1 unspecified atom stereocenters. The van der Waals surface area contributed by atoms with Crippen molar-refractivity contribution in [2.75, 3.05) is 26.7 Å². The maximum Gasteiger partial charge on any atom is 0.0665 e. The summed E-state index contributed by atoms with van der Waals surface area (Å²) in [5, 5.41) is 9.34. The lowest BCUT2D eigenvalue weighted by atomic mass is 9.91. The van der Waals surface area contributed by atoms with E-state index in [0.29, 0.717) is 12.5 Å². The first-order valence-corrected chi connectivity index (χ1v) is 4.79. The second kappa shape index (κ2) is 4.80. The maximum atomic E-state index is 9.34. The molecule has 3 heteroatoms. The molecular formula is C9H20N2O. The molecule has 3 nitrogen and oxygen atoms in total. The van der Waals surface area contributed by atoms with Crippen LogP contribution in [0.2, 0.25) is 0 Å². The van der Waals surface area contributed by atoms with Crippen molar-refractivity contribution in [1.29, 1.82) is 0 Å². The molecule has 12 heavy (non-hydrogen) atoms. The Balaban J connectivity index is 2.17. The van der Waals surface area contributed by atoms with Gasteiger partial charge in [0.25, 0.3) is 0 Å². The van der Waals surface area contributed by atoms with E-state index in [9.17, 15) is 5.11 Å². The molecule has 72 valence electrons. The second-order valence-electron chi connectivity index (χ2n) is 3.87. The summed E-state index contributed by atoms with van der Waals surface area (Å²) < 4.78 is 0. The predicted molar refractivity (Wildman–Crippen MR) is 49.9 cm³/mol. The Bertz CT molecular complexity index is 122. The molecule has 1 rings (SSSR count). The van der Waals surface area contributed by atoms with Gasteiger partial charge >= 0.3 is 0 Å². The summed E-state index contributed by atoms with van der Waals surface area (Å²) >= 11 is 0. The molecule has 3 N–H and O–H groups in total. The fourth-order valence-corrected chi connectivity index (χ4v) is 1.78. The lowest BCUT2D eigenvalue weighted by Crippen LogP contribution is -2.33. The van der Waals surface area contributed by atoms with Gasteiger partial charge in [-0.1, -0.05) is 0 Å². The molecular weight excluding hydrogens is 152 g/mol. The first-order chi connectivity index (χ1) is 5.72. The van der Waals surface area contributed by atoms with Gasteiger partial charge in [-0.15, -0.1) is 0 Å². The van der Waals surface area contributed by atoms with E-state index >= 15 is 0 Å². The number of rotatable bonds is 3. The SMILES string of the molecule is CN1CCC(CC(O)CN)CC1. The molecule has 0 aromatic rings. The topological polar surface area (TPSA) is 49.5 Å². The van der Waals surface area contributed by atoms with E-state index in [4.69, 9.17) is 5.73 Å². The van der Waals surface area contributed by atoms with Crippen molar-refractivity contribution in [1.82, 2.24) is 4.90 Å². The van der Waals surface area contributed by atoms with E-state index in [0.717, 1.165) is 6.42 Å². The monoisotopic (exact) mass is 172 g/mol. The van der Waals surface area contributed by atoms with Crippen molar-refractivity contribution >= 4 is 0 Å². The number of hydrogen-bond donors (Lipinski definition) is 2. The summed E-state index contributed by atoms with van der Waals surface area (Å²) in [7, 11) is 2.15. The average molecular weight is 172 g/mol. The highest BCUT2D eigenvalue weighted by atomic mass is 16.3. The number of piperidine rings is 1. The van der Waals surface area contributed by atoms with E-state index in [2.05, 4.69) is 11.9 Å². The fraction of sp³-hybridized carbons (Fsp3) is 1.00. The number of hydrogen-bond acceptors (Lipinski definition) is 3. The quantitative estimate of drug-likeness (QED) is 0.632. The molecule has 0 amide bonds. The standard InChI is InChI=1S/C9H20N2O/c1-11-4-2-8(3-5-11)6-9(12)7-10/h8-9,12H,2-7,10H2,1H3. The Morgan fingerprint density at radius 2 is 2.08 bits per heavy atom. The number of likely N-dealkylation sites (tertiary alicyclic amines) is 1. The molecule has 1 atom stereocenters. The molecule has 1 heterocycles. The Hall–Kier alpha value is -0.120. The van der Waals surface area contributed by atoms with Crippen LogP contribution in [0.15, 0.2) is 0 Å². The van der Waals surface area contributed by atoms with Gasteiger partial charge < -0.3 is 15.7 Å². The van der Waals surface area contributed by atoms with E-state index in [1.807, 2.05) is 0 Å². The van der Waals surface area contributed by atoms with Gasteiger partial charge in [0.15, 0.2) is 0 Å². The highest BCUT2D eigenvalue weighted by Crippen LogP contribution is 2.20. The van der Waals surface area contributed by atoms with E-state index in [-0.39, 0.29) is 6.10 Å². The Kier molecular flexibility index (Phi) is 3.98. The summed E-state index contributed by atoms with van der Waals surface area (Å²) in [6.45, 7) is 2.75. The zero-order valence-electron chi connectivity index (χ0n) is 7.87. The van der Waals surface area contributed by atoms with E-state index in [1.165, 1.54) is 25.9 Å². The summed E-state index contributed by atoms with van der Waals surface area (Å²) in [5.74, 6) is 0.694. The highest BCUT2D eigenvalue weighted by Gasteiger charge is 2.18. The van der Waals surface area contributed by atoms with Crippen molar-refractivity contribution in [2.45, 2.75) is 25.4 Å². The van der Waals surface area contributed by atoms with Crippen LogP contribution in [0.4, 0.5) is 0 Å².